The van der Waals surface area contributed by atoms with Crippen molar-refractivity contribution >= 4 is 39.0 Å². The predicted molar refractivity (Wildman–Crippen MR) is 230 cm³/mol. The van der Waals surface area contributed by atoms with Gasteiger partial charge in [-0.2, -0.15) is 0 Å². The minimum Gasteiger partial charge on any atom is -0.456 e. The summed E-state index contributed by atoms with van der Waals surface area (Å²) in [6, 6.07) is 72.2. The second-order valence-electron chi connectivity index (χ2n) is 14.4. The summed E-state index contributed by atoms with van der Waals surface area (Å²) in [5.74, 6) is 1.90. The summed E-state index contributed by atoms with van der Waals surface area (Å²) < 4.78 is 6.82. The standard InChI is InChI=1S/C52H34N4O/c1-4-17-35(18-5-1)49-53-50(36-19-6-2-7-20-36)55-51(54-49)37-31-33-39(34-32-37)56-45-28-13-11-25-42(45)52(38-21-8-3-9-22-38,43-26-12-14-29-46(43)56)44-27-16-24-41-40-23-10-15-30-47(40)57-48(41)44/h1-34H. The third kappa shape index (κ3) is 5.20. The van der Waals surface area contributed by atoms with Crippen molar-refractivity contribution in [3.63, 3.8) is 0 Å². The molecule has 5 nitrogen and oxygen atoms in total. The molecule has 10 aromatic rings. The highest BCUT2D eigenvalue weighted by Crippen LogP contribution is 2.59. The number of hydrogen-bond donors (Lipinski definition) is 0. The molecule has 2 aromatic heterocycles. The van der Waals surface area contributed by atoms with E-state index in [1.165, 1.54) is 16.7 Å². The van der Waals surface area contributed by atoms with Crippen molar-refractivity contribution in [1.82, 2.24) is 15.0 Å². The monoisotopic (exact) mass is 730 g/mol. The molecular weight excluding hydrogens is 697 g/mol. The Hall–Kier alpha value is -7.63. The minimum atomic E-state index is -0.690. The fourth-order valence-electron chi connectivity index (χ4n) is 8.71. The number of benzene rings is 8. The van der Waals surface area contributed by atoms with Gasteiger partial charge in [0.05, 0.1) is 16.8 Å². The van der Waals surface area contributed by atoms with Crippen LogP contribution in [0.15, 0.2) is 211 Å². The van der Waals surface area contributed by atoms with Crippen LogP contribution in [-0.4, -0.2) is 15.0 Å². The van der Waals surface area contributed by atoms with Gasteiger partial charge in [0, 0.05) is 38.7 Å². The molecule has 268 valence electrons. The minimum absolute atomic E-state index is 0.621. The average Bonchev–Trinajstić information content (AvgIpc) is 3.68. The van der Waals surface area contributed by atoms with E-state index < -0.39 is 5.41 Å². The fourth-order valence-corrected chi connectivity index (χ4v) is 8.71. The Kier molecular flexibility index (Phi) is 7.64. The van der Waals surface area contributed by atoms with Gasteiger partial charge in [-0.25, -0.2) is 15.0 Å². The third-order valence-electron chi connectivity index (χ3n) is 11.2. The van der Waals surface area contributed by atoms with Crippen molar-refractivity contribution in [3.8, 4) is 34.2 Å². The molecule has 3 heterocycles. The molecule has 0 saturated carbocycles. The van der Waals surface area contributed by atoms with Gasteiger partial charge in [0.1, 0.15) is 11.2 Å². The number of hydrogen-bond acceptors (Lipinski definition) is 5. The van der Waals surface area contributed by atoms with Crippen molar-refractivity contribution in [2.45, 2.75) is 5.41 Å². The Morgan fingerprint density at radius 1 is 0.368 bits per heavy atom. The quantitative estimate of drug-likeness (QED) is 0.170. The normalized spacial score (nSPS) is 13.0. The molecular formula is C52H34N4O. The molecule has 0 bridgehead atoms. The number of para-hydroxylation sites is 4. The molecule has 57 heavy (non-hydrogen) atoms. The largest absolute Gasteiger partial charge is 0.456 e. The Morgan fingerprint density at radius 2 is 0.825 bits per heavy atom. The maximum atomic E-state index is 6.82. The van der Waals surface area contributed by atoms with Crippen molar-refractivity contribution in [1.29, 1.82) is 0 Å². The molecule has 0 fully saturated rings. The zero-order chi connectivity index (χ0) is 37.8. The van der Waals surface area contributed by atoms with Gasteiger partial charge in [0.25, 0.3) is 0 Å². The van der Waals surface area contributed by atoms with Gasteiger partial charge in [-0.15, -0.1) is 0 Å². The van der Waals surface area contributed by atoms with Crippen LogP contribution in [0.2, 0.25) is 0 Å². The highest BCUT2D eigenvalue weighted by Gasteiger charge is 2.47. The van der Waals surface area contributed by atoms with Crippen molar-refractivity contribution < 1.29 is 4.42 Å². The van der Waals surface area contributed by atoms with Gasteiger partial charge < -0.3 is 9.32 Å². The molecule has 1 aliphatic heterocycles. The molecule has 0 unspecified atom stereocenters. The van der Waals surface area contributed by atoms with Crippen molar-refractivity contribution in [2.24, 2.45) is 0 Å². The van der Waals surface area contributed by atoms with E-state index >= 15 is 0 Å². The first-order valence-corrected chi connectivity index (χ1v) is 19.2. The number of anilines is 3. The molecule has 0 saturated heterocycles. The summed E-state index contributed by atoms with van der Waals surface area (Å²) in [6.45, 7) is 0. The van der Waals surface area contributed by atoms with Gasteiger partial charge in [-0.3, -0.25) is 0 Å². The second-order valence-corrected chi connectivity index (χ2v) is 14.4. The summed E-state index contributed by atoms with van der Waals surface area (Å²) in [6.07, 6.45) is 0. The molecule has 11 rings (SSSR count). The van der Waals surface area contributed by atoms with Crippen LogP contribution in [0.3, 0.4) is 0 Å². The Bertz CT molecular complexity index is 2960. The molecule has 0 radical (unpaired) electrons. The lowest BCUT2D eigenvalue weighted by molar-refractivity contribution is 0.643. The van der Waals surface area contributed by atoms with Crippen LogP contribution < -0.4 is 4.90 Å². The first kappa shape index (κ1) is 32.8. The predicted octanol–water partition coefficient (Wildman–Crippen LogP) is 12.9. The lowest BCUT2D eigenvalue weighted by Crippen LogP contribution is -2.37. The summed E-state index contributed by atoms with van der Waals surface area (Å²) in [4.78, 5) is 17.3. The van der Waals surface area contributed by atoms with Crippen LogP contribution in [0.1, 0.15) is 22.3 Å². The van der Waals surface area contributed by atoms with Crippen molar-refractivity contribution in [3.05, 3.63) is 229 Å². The Balaban J connectivity index is 1.10. The van der Waals surface area contributed by atoms with Gasteiger partial charge in [0.2, 0.25) is 0 Å². The van der Waals surface area contributed by atoms with Crippen LogP contribution in [0.4, 0.5) is 17.1 Å². The van der Waals surface area contributed by atoms with E-state index in [0.717, 1.165) is 61.3 Å². The van der Waals surface area contributed by atoms with E-state index in [2.05, 4.69) is 144 Å². The third-order valence-corrected chi connectivity index (χ3v) is 11.2. The highest BCUT2D eigenvalue weighted by atomic mass is 16.3. The number of furan rings is 1. The summed E-state index contributed by atoms with van der Waals surface area (Å²) in [5.41, 5.74) is 11.7. The van der Waals surface area contributed by atoms with Gasteiger partial charge in [0.15, 0.2) is 17.5 Å². The lowest BCUT2D eigenvalue weighted by atomic mass is 9.62. The molecule has 1 aliphatic rings. The lowest BCUT2D eigenvalue weighted by Gasteiger charge is -2.46. The van der Waals surface area contributed by atoms with Gasteiger partial charge >= 0.3 is 0 Å². The Labute approximate surface area is 330 Å². The fraction of sp³-hybridized carbons (Fsp3) is 0.0192. The van der Waals surface area contributed by atoms with Crippen LogP contribution in [-0.2, 0) is 5.41 Å². The van der Waals surface area contributed by atoms with Gasteiger partial charge in [-0.05, 0) is 59.2 Å². The summed E-state index contributed by atoms with van der Waals surface area (Å²) in [7, 11) is 0. The van der Waals surface area contributed by atoms with Crippen LogP contribution in [0, 0.1) is 0 Å². The molecule has 5 heteroatoms. The SMILES string of the molecule is c1ccc(-c2nc(-c3ccccc3)nc(-c3ccc(N4c5ccccc5C(c5ccccc5)(c5cccc6c5oc5ccccc56)c5ccccc54)cc3)n2)cc1. The smallest absolute Gasteiger partial charge is 0.164 e. The first-order valence-electron chi connectivity index (χ1n) is 19.2. The molecule has 0 atom stereocenters. The highest BCUT2D eigenvalue weighted by molar-refractivity contribution is 6.07. The number of fused-ring (bicyclic) bond motifs is 5. The molecule has 0 amide bonds. The van der Waals surface area contributed by atoms with E-state index in [4.69, 9.17) is 19.4 Å². The van der Waals surface area contributed by atoms with Gasteiger partial charge in [-0.1, -0.05) is 164 Å². The number of rotatable bonds is 6. The first-order chi connectivity index (χ1) is 28.3. The topological polar surface area (TPSA) is 55.1 Å². The molecule has 0 spiro atoms. The van der Waals surface area contributed by atoms with Crippen LogP contribution >= 0.6 is 0 Å². The van der Waals surface area contributed by atoms with E-state index in [0.29, 0.717) is 17.5 Å². The zero-order valence-electron chi connectivity index (χ0n) is 30.8. The second kappa shape index (κ2) is 13.3. The van der Waals surface area contributed by atoms with E-state index in [1.807, 2.05) is 66.7 Å². The average molecular weight is 731 g/mol. The summed E-state index contributed by atoms with van der Waals surface area (Å²) in [5, 5.41) is 2.22. The molecule has 0 N–H and O–H groups in total. The molecule has 0 aliphatic carbocycles. The molecule has 8 aromatic carbocycles. The maximum Gasteiger partial charge on any atom is 0.164 e. The number of aromatic nitrogens is 3. The van der Waals surface area contributed by atoms with E-state index in [-0.39, 0.29) is 0 Å². The van der Waals surface area contributed by atoms with Crippen molar-refractivity contribution in [2.75, 3.05) is 4.90 Å². The van der Waals surface area contributed by atoms with Crippen LogP contribution in [0.5, 0.6) is 0 Å². The van der Waals surface area contributed by atoms with E-state index in [9.17, 15) is 0 Å². The summed E-state index contributed by atoms with van der Waals surface area (Å²) >= 11 is 0. The van der Waals surface area contributed by atoms with Crippen LogP contribution in [0.25, 0.3) is 56.1 Å². The zero-order valence-corrected chi connectivity index (χ0v) is 30.8. The maximum absolute atomic E-state index is 6.82. The van der Waals surface area contributed by atoms with E-state index in [1.54, 1.807) is 0 Å². The Morgan fingerprint density at radius 3 is 1.42 bits per heavy atom. The number of nitrogens with zero attached hydrogens (tertiary/aromatic N) is 4.